The molecule has 0 radical (unpaired) electrons. The summed E-state index contributed by atoms with van der Waals surface area (Å²) in [5.41, 5.74) is 1.45. The van der Waals surface area contributed by atoms with E-state index in [4.69, 9.17) is 0 Å². The second-order valence-corrected chi connectivity index (χ2v) is 13.0. The van der Waals surface area contributed by atoms with Gasteiger partial charge < -0.3 is 9.80 Å². The van der Waals surface area contributed by atoms with Crippen molar-refractivity contribution in [3.05, 3.63) is 48.3 Å². The molecule has 1 heterocycles. The fourth-order valence-electron chi connectivity index (χ4n) is 6.55. The molecule has 1 unspecified atom stereocenters. The van der Waals surface area contributed by atoms with Gasteiger partial charge in [0.2, 0.25) is 0 Å². The zero-order chi connectivity index (χ0) is 29.1. The van der Waals surface area contributed by atoms with Crippen LogP contribution < -0.4 is 0 Å². The molecule has 1 aliphatic rings. The summed E-state index contributed by atoms with van der Waals surface area (Å²) < 4.78 is 0. The van der Waals surface area contributed by atoms with E-state index in [0.717, 1.165) is 0 Å². The van der Waals surface area contributed by atoms with Crippen molar-refractivity contribution >= 4 is 0 Å². The first-order chi connectivity index (χ1) is 20.4. The minimum absolute atomic E-state index is 0.394. The van der Waals surface area contributed by atoms with E-state index >= 15 is 0 Å². The second-order valence-electron chi connectivity index (χ2n) is 13.0. The van der Waals surface area contributed by atoms with Crippen LogP contribution in [-0.2, 0) is 0 Å². The molecule has 0 spiro atoms. The Morgan fingerprint density at radius 3 is 1.00 bits per heavy atom. The Morgan fingerprint density at radius 1 is 0.390 bits per heavy atom. The Balaban J connectivity index is 1.52. The van der Waals surface area contributed by atoms with E-state index in [1.807, 2.05) is 0 Å². The maximum atomic E-state index is 2.61. The van der Waals surface area contributed by atoms with Gasteiger partial charge in [-0.3, -0.25) is 0 Å². The number of hydrogen-bond donors (Lipinski definition) is 0. The molecule has 41 heavy (non-hydrogen) atoms. The lowest BCUT2D eigenvalue weighted by Crippen LogP contribution is -2.32. The summed E-state index contributed by atoms with van der Waals surface area (Å²) in [7, 11) is 0. The van der Waals surface area contributed by atoms with E-state index in [0.29, 0.717) is 6.17 Å². The van der Waals surface area contributed by atoms with Crippen molar-refractivity contribution in [2.75, 3.05) is 13.1 Å². The number of unbranched alkanes of at least 4 members (excludes halogenated alkanes) is 24. The van der Waals surface area contributed by atoms with Gasteiger partial charge >= 0.3 is 0 Å². The van der Waals surface area contributed by atoms with Gasteiger partial charge in [0.15, 0.2) is 0 Å². The summed E-state index contributed by atoms with van der Waals surface area (Å²) in [5.74, 6) is 0. The summed E-state index contributed by atoms with van der Waals surface area (Å²) in [4.78, 5) is 5.21. The molecule has 0 saturated carbocycles. The van der Waals surface area contributed by atoms with E-state index in [1.54, 1.807) is 0 Å². The molecule has 0 saturated heterocycles. The number of hydrogen-bond acceptors (Lipinski definition) is 2. The van der Waals surface area contributed by atoms with Crippen molar-refractivity contribution in [3.63, 3.8) is 0 Å². The van der Waals surface area contributed by atoms with Gasteiger partial charge in [-0.25, -0.2) is 0 Å². The SMILES string of the molecule is CCCCCCCCCCCCCCCCN1C=CN(CCCCCCCCCCCCCC)C1c1ccccc1. The van der Waals surface area contributed by atoms with Gasteiger partial charge in [0.1, 0.15) is 6.17 Å². The second kappa shape index (κ2) is 26.2. The standard InChI is InChI=1S/C39H70N2/c1-3-5-7-9-11-13-15-17-18-20-22-24-26-31-35-41-37-36-40(39(41)38-32-28-27-29-33-38)34-30-25-23-21-19-16-14-12-10-8-6-4-2/h27-29,32-33,36-37,39H,3-26,30-31,34-35H2,1-2H3. The van der Waals surface area contributed by atoms with E-state index in [-0.39, 0.29) is 0 Å². The smallest absolute Gasteiger partial charge is 0.127 e. The fraction of sp³-hybridized carbons (Fsp3) is 0.795. The van der Waals surface area contributed by atoms with Crippen LogP contribution in [0.1, 0.15) is 193 Å². The average Bonchev–Trinajstić information content (AvgIpc) is 3.40. The van der Waals surface area contributed by atoms with Crippen molar-refractivity contribution in [2.45, 2.75) is 187 Å². The molecule has 1 aliphatic heterocycles. The Labute approximate surface area is 257 Å². The van der Waals surface area contributed by atoms with Crippen LogP contribution in [0.2, 0.25) is 0 Å². The first-order valence-electron chi connectivity index (χ1n) is 18.6. The number of benzene rings is 1. The minimum atomic E-state index is 0.394. The molecule has 2 rings (SSSR count). The van der Waals surface area contributed by atoms with Crippen LogP contribution in [-0.4, -0.2) is 22.9 Å². The van der Waals surface area contributed by atoms with Crippen LogP contribution in [0.15, 0.2) is 42.7 Å². The molecule has 1 aromatic rings. The molecule has 0 aliphatic carbocycles. The van der Waals surface area contributed by atoms with Crippen LogP contribution in [0.4, 0.5) is 0 Å². The maximum absolute atomic E-state index is 2.61. The van der Waals surface area contributed by atoms with E-state index in [9.17, 15) is 0 Å². The Bertz CT molecular complexity index is 699. The molecule has 0 fully saturated rings. The highest BCUT2D eigenvalue weighted by atomic mass is 15.4. The van der Waals surface area contributed by atoms with Crippen molar-refractivity contribution in [1.82, 2.24) is 9.80 Å². The molecule has 0 amide bonds. The topological polar surface area (TPSA) is 6.48 Å². The molecule has 0 N–H and O–H groups in total. The lowest BCUT2D eigenvalue weighted by atomic mass is 10.0. The molecule has 0 aromatic heterocycles. The highest BCUT2D eigenvalue weighted by Crippen LogP contribution is 2.31. The zero-order valence-corrected chi connectivity index (χ0v) is 27.8. The number of rotatable bonds is 29. The van der Waals surface area contributed by atoms with Crippen molar-refractivity contribution in [1.29, 1.82) is 0 Å². The fourth-order valence-corrected chi connectivity index (χ4v) is 6.55. The highest BCUT2D eigenvalue weighted by Gasteiger charge is 2.26. The first-order valence-corrected chi connectivity index (χ1v) is 18.6. The van der Waals surface area contributed by atoms with Gasteiger partial charge in [-0.2, -0.15) is 0 Å². The highest BCUT2D eigenvalue weighted by molar-refractivity contribution is 5.21. The largest absolute Gasteiger partial charge is 0.352 e. The molecule has 1 atom stereocenters. The van der Waals surface area contributed by atoms with Crippen LogP contribution >= 0.6 is 0 Å². The number of nitrogens with zero attached hydrogens (tertiary/aromatic N) is 2. The van der Waals surface area contributed by atoms with Crippen LogP contribution in [0.25, 0.3) is 0 Å². The molecule has 2 heteroatoms. The monoisotopic (exact) mass is 567 g/mol. The molecular weight excluding hydrogens is 496 g/mol. The predicted octanol–water partition coefficient (Wildman–Crippen LogP) is 13.0. The third-order valence-electron chi connectivity index (χ3n) is 9.22. The Hall–Kier alpha value is -1.44. The Morgan fingerprint density at radius 2 is 0.683 bits per heavy atom. The van der Waals surface area contributed by atoms with Crippen LogP contribution in [0, 0.1) is 0 Å². The van der Waals surface area contributed by atoms with Crippen molar-refractivity contribution in [2.24, 2.45) is 0 Å². The van der Waals surface area contributed by atoms with Gasteiger partial charge in [0.25, 0.3) is 0 Å². The van der Waals surface area contributed by atoms with Crippen LogP contribution in [0.3, 0.4) is 0 Å². The van der Waals surface area contributed by atoms with E-state index < -0.39 is 0 Å². The lowest BCUT2D eigenvalue weighted by Gasteiger charge is -2.33. The van der Waals surface area contributed by atoms with Gasteiger partial charge in [-0.1, -0.05) is 198 Å². The minimum Gasteiger partial charge on any atom is -0.352 e. The average molecular weight is 567 g/mol. The van der Waals surface area contributed by atoms with Gasteiger partial charge in [-0.15, -0.1) is 0 Å². The summed E-state index contributed by atoms with van der Waals surface area (Å²) in [5, 5.41) is 0. The predicted molar refractivity (Wildman–Crippen MR) is 183 cm³/mol. The lowest BCUT2D eigenvalue weighted by molar-refractivity contribution is 0.149. The third kappa shape index (κ3) is 18.0. The summed E-state index contributed by atoms with van der Waals surface area (Å²) in [6.07, 6.45) is 42.1. The molecule has 236 valence electrons. The molecule has 1 aromatic carbocycles. The molecule has 0 bridgehead atoms. The van der Waals surface area contributed by atoms with Crippen molar-refractivity contribution < 1.29 is 0 Å². The van der Waals surface area contributed by atoms with Crippen molar-refractivity contribution in [3.8, 4) is 0 Å². The summed E-state index contributed by atoms with van der Waals surface area (Å²) >= 11 is 0. The third-order valence-corrected chi connectivity index (χ3v) is 9.22. The van der Waals surface area contributed by atoms with E-state index in [1.165, 1.54) is 186 Å². The summed E-state index contributed by atoms with van der Waals surface area (Å²) in [6, 6.07) is 11.2. The van der Waals surface area contributed by atoms with Gasteiger partial charge in [0.05, 0.1) is 0 Å². The van der Waals surface area contributed by atoms with Gasteiger partial charge in [-0.05, 0) is 18.4 Å². The Kier molecular flexibility index (Phi) is 22.9. The molecule has 2 nitrogen and oxygen atoms in total. The first kappa shape index (κ1) is 35.8. The van der Waals surface area contributed by atoms with E-state index in [2.05, 4.69) is 66.4 Å². The quantitative estimate of drug-likeness (QED) is 0.0890. The van der Waals surface area contributed by atoms with Crippen LogP contribution in [0.5, 0.6) is 0 Å². The molecular formula is C39H70N2. The van der Waals surface area contributed by atoms with Gasteiger partial charge in [0, 0.05) is 25.5 Å². The normalized spacial score (nSPS) is 14.9. The summed E-state index contributed by atoms with van der Waals surface area (Å²) in [6.45, 7) is 6.98. The maximum Gasteiger partial charge on any atom is 0.127 e. The zero-order valence-electron chi connectivity index (χ0n) is 27.8.